The van der Waals surface area contributed by atoms with Gasteiger partial charge in [0.1, 0.15) is 9.24 Å². The van der Waals surface area contributed by atoms with Crippen molar-refractivity contribution in [1.82, 2.24) is 0 Å². The predicted octanol–water partition coefficient (Wildman–Crippen LogP) is 1.89. The molecule has 38 valence electrons. The van der Waals surface area contributed by atoms with Crippen LogP contribution in [0.2, 0.25) is 0 Å². The highest BCUT2D eigenvalue weighted by Crippen LogP contribution is 2.10. The fraction of sp³-hybridized carbons (Fsp3) is 0.333. The molecule has 0 aromatic rings. The molecule has 0 amide bonds. The Kier molecular flexibility index (Phi) is 1.59. The summed E-state index contributed by atoms with van der Waals surface area (Å²) in [6.45, 7) is 0. The fourth-order valence-electron chi connectivity index (χ4n) is 0.300. The summed E-state index contributed by atoms with van der Waals surface area (Å²) in [4.78, 5) is 0. The van der Waals surface area contributed by atoms with Crippen molar-refractivity contribution in [2.24, 2.45) is 10.2 Å². The van der Waals surface area contributed by atoms with E-state index in [1.165, 1.54) is 0 Å². The van der Waals surface area contributed by atoms with E-state index in [9.17, 15) is 0 Å². The average Bonchev–Trinajstić information content (AvgIpc) is 1.87. The van der Waals surface area contributed by atoms with E-state index in [1.54, 1.807) is 0 Å². The van der Waals surface area contributed by atoms with Gasteiger partial charge in [0.05, 0.1) is 0 Å². The average molecular weight is 226 g/mol. The van der Waals surface area contributed by atoms with E-state index >= 15 is 0 Å². The molecule has 4 heteroatoms. The molecule has 0 saturated carbocycles. The van der Waals surface area contributed by atoms with Crippen LogP contribution in [0.1, 0.15) is 6.42 Å². The van der Waals surface area contributed by atoms with Crippen LogP contribution in [0.25, 0.3) is 0 Å². The van der Waals surface area contributed by atoms with Gasteiger partial charge in [-0.2, -0.15) is 0 Å². The van der Waals surface area contributed by atoms with E-state index < -0.39 is 0 Å². The maximum atomic E-state index is 3.69. The van der Waals surface area contributed by atoms with Gasteiger partial charge in [-0.05, 0) is 31.9 Å². The third kappa shape index (κ3) is 1.35. The molecule has 0 radical (unpaired) electrons. The van der Waals surface area contributed by atoms with Crippen LogP contribution in [0.15, 0.2) is 10.2 Å². The van der Waals surface area contributed by atoms with Gasteiger partial charge in [-0.1, -0.05) is 0 Å². The molecule has 0 fully saturated rings. The summed E-state index contributed by atoms with van der Waals surface area (Å²) < 4.78 is 1.78. The number of nitrogens with zero attached hydrogens (tertiary/aromatic N) is 2. The summed E-state index contributed by atoms with van der Waals surface area (Å²) in [6.07, 6.45) is 0.806. The molecule has 1 rings (SSSR count). The largest absolute Gasteiger partial charge is 0.147 e. The Balaban J connectivity index is 2.61. The molecule has 0 unspecified atom stereocenters. The van der Waals surface area contributed by atoms with Crippen molar-refractivity contribution < 1.29 is 0 Å². The second-order valence-corrected chi connectivity index (χ2v) is 2.96. The molecule has 1 aliphatic rings. The van der Waals surface area contributed by atoms with Gasteiger partial charge in [0, 0.05) is 6.42 Å². The zero-order chi connectivity index (χ0) is 5.28. The van der Waals surface area contributed by atoms with Crippen molar-refractivity contribution in [2.45, 2.75) is 6.42 Å². The Morgan fingerprint density at radius 2 is 1.57 bits per heavy atom. The fourth-order valence-corrected chi connectivity index (χ4v) is 1.37. The van der Waals surface area contributed by atoms with Crippen molar-refractivity contribution >= 4 is 41.1 Å². The van der Waals surface area contributed by atoms with E-state index in [0.29, 0.717) is 0 Å². The van der Waals surface area contributed by atoms with Crippen molar-refractivity contribution in [3.8, 4) is 0 Å². The molecule has 1 heterocycles. The van der Waals surface area contributed by atoms with Crippen LogP contribution in [0.4, 0.5) is 0 Å². The quantitative estimate of drug-likeness (QED) is 0.602. The van der Waals surface area contributed by atoms with Gasteiger partial charge in [-0.15, -0.1) is 10.2 Å². The predicted molar refractivity (Wildman–Crippen MR) is 37.3 cm³/mol. The Hall–Kier alpha value is 0.300. The molecule has 0 bridgehead atoms. The number of halogens is 2. The van der Waals surface area contributed by atoms with Crippen molar-refractivity contribution in [3.63, 3.8) is 0 Å². The number of hydrogen-bond acceptors (Lipinski definition) is 2. The van der Waals surface area contributed by atoms with Crippen LogP contribution >= 0.6 is 31.9 Å². The second kappa shape index (κ2) is 2.05. The van der Waals surface area contributed by atoms with Crippen molar-refractivity contribution in [3.05, 3.63) is 0 Å². The van der Waals surface area contributed by atoms with E-state index in [1.807, 2.05) is 0 Å². The molecule has 0 aromatic carbocycles. The molecular formula is C3H2Br2N2. The van der Waals surface area contributed by atoms with Gasteiger partial charge < -0.3 is 0 Å². The summed E-state index contributed by atoms with van der Waals surface area (Å²) in [5.74, 6) is 0. The Bertz CT molecular complexity index is 122. The van der Waals surface area contributed by atoms with E-state index in [-0.39, 0.29) is 0 Å². The standard InChI is InChI=1S/C3H2Br2N2/c4-2-1-3(5)7-6-2/h1H2. The van der Waals surface area contributed by atoms with Gasteiger partial charge in [-0.3, -0.25) is 0 Å². The van der Waals surface area contributed by atoms with E-state index in [4.69, 9.17) is 0 Å². The first-order chi connectivity index (χ1) is 3.29. The molecule has 2 nitrogen and oxygen atoms in total. The first-order valence-electron chi connectivity index (χ1n) is 1.73. The van der Waals surface area contributed by atoms with Crippen LogP contribution < -0.4 is 0 Å². The third-order valence-corrected chi connectivity index (χ3v) is 1.44. The zero-order valence-corrected chi connectivity index (χ0v) is 6.53. The molecule has 7 heavy (non-hydrogen) atoms. The van der Waals surface area contributed by atoms with Crippen LogP contribution in [-0.2, 0) is 0 Å². The number of rotatable bonds is 0. The highest BCUT2D eigenvalue weighted by atomic mass is 79.9. The smallest absolute Gasteiger partial charge is 0.112 e. The second-order valence-electron chi connectivity index (χ2n) is 1.13. The van der Waals surface area contributed by atoms with Crippen molar-refractivity contribution in [2.75, 3.05) is 0 Å². The molecule has 0 N–H and O–H groups in total. The summed E-state index contributed by atoms with van der Waals surface area (Å²) in [5.41, 5.74) is 0. The molecular weight excluding hydrogens is 224 g/mol. The molecule has 0 aromatic heterocycles. The molecule has 0 spiro atoms. The highest BCUT2D eigenvalue weighted by Gasteiger charge is 2.03. The van der Waals surface area contributed by atoms with Gasteiger partial charge in [0.2, 0.25) is 0 Å². The lowest BCUT2D eigenvalue weighted by molar-refractivity contribution is 1.29. The third-order valence-electron chi connectivity index (χ3n) is 0.559. The van der Waals surface area contributed by atoms with Gasteiger partial charge in [0.15, 0.2) is 0 Å². The monoisotopic (exact) mass is 224 g/mol. The lowest BCUT2D eigenvalue weighted by Crippen LogP contribution is -1.83. The molecule has 0 atom stereocenters. The summed E-state index contributed by atoms with van der Waals surface area (Å²) in [7, 11) is 0. The first kappa shape index (κ1) is 5.44. The Morgan fingerprint density at radius 1 is 1.14 bits per heavy atom. The van der Waals surface area contributed by atoms with Gasteiger partial charge in [0.25, 0.3) is 0 Å². The van der Waals surface area contributed by atoms with Crippen molar-refractivity contribution in [1.29, 1.82) is 0 Å². The Labute approximate surface area is 58.0 Å². The summed E-state index contributed by atoms with van der Waals surface area (Å²) in [6, 6.07) is 0. The van der Waals surface area contributed by atoms with Crippen LogP contribution in [-0.4, -0.2) is 9.24 Å². The SMILES string of the molecule is BrC1=NN=C(Br)C1. The minimum absolute atomic E-state index is 0.806. The lowest BCUT2D eigenvalue weighted by atomic mass is 10.5. The Morgan fingerprint density at radius 3 is 1.71 bits per heavy atom. The maximum absolute atomic E-state index is 3.69. The molecule has 0 saturated heterocycles. The summed E-state index contributed by atoms with van der Waals surface area (Å²) >= 11 is 6.37. The minimum Gasteiger partial charge on any atom is -0.147 e. The highest BCUT2D eigenvalue weighted by molar-refractivity contribution is 9.19. The lowest BCUT2D eigenvalue weighted by Gasteiger charge is -1.76. The molecule has 0 aliphatic carbocycles. The maximum Gasteiger partial charge on any atom is 0.112 e. The molecule has 1 aliphatic heterocycles. The van der Waals surface area contributed by atoms with Crippen LogP contribution in [0.5, 0.6) is 0 Å². The first-order valence-corrected chi connectivity index (χ1v) is 3.32. The van der Waals surface area contributed by atoms with Gasteiger partial charge in [-0.25, -0.2) is 0 Å². The number of hydrogen-bond donors (Lipinski definition) is 0. The normalized spacial score (nSPS) is 19.1. The zero-order valence-electron chi connectivity index (χ0n) is 3.36. The van der Waals surface area contributed by atoms with Gasteiger partial charge >= 0.3 is 0 Å². The van der Waals surface area contributed by atoms with Crippen LogP contribution in [0.3, 0.4) is 0 Å². The topological polar surface area (TPSA) is 24.7 Å². The summed E-state index contributed by atoms with van der Waals surface area (Å²) in [5, 5.41) is 7.38. The van der Waals surface area contributed by atoms with E-state index in [2.05, 4.69) is 42.1 Å². The van der Waals surface area contributed by atoms with Crippen LogP contribution in [0, 0.1) is 0 Å². The minimum atomic E-state index is 0.806. The van der Waals surface area contributed by atoms with E-state index in [0.717, 1.165) is 15.7 Å².